The molecule has 0 saturated carbocycles. The zero-order valence-corrected chi connectivity index (χ0v) is 35.9. The Labute approximate surface area is 353 Å². The van der Waals surface area contributed by atoms with E-state index in [0.717, 1.165) is 28.1 Å². The van der Waals surface area contributed by atoms with Gasteiger partial charge in [-0.05, 0) is 24.2 Å². The molecule has 2 bridgehead atoms. The monoisotopic (exact) mass is 836 g/mol. The Morgan fingerprint density at radius 3 is 2.42 bits per heavy atom. The van der Waals surface area contributed by atoms with Gasteiger partial charge < -0.3 is 67.5 Å². The largest absolute Gasteiger partial charge is 1.00 e. The maximum absolute atomic E-state index is 16.4. The molecule has 26 heteroatoms. The first-order valence-corrected chi connectivity index (χ1v) is 21.5. The second-order valence-corrected chi connectivity index (χ2v) is 18.4. The maximum atomic E-state index is 16.4. The van der Waals surface area contributed by atoms with E-state index in [0.29, 0.717) is 12.1 Å². The van der Waals surface area contributed by atoms with Crippen molar-refractivity contribution in [2.75, 3.05) is 25.5 Å². The Bertz CT molecular complexity index is 2120. The van der Waals surface area contributed by atoms with Crippen molar-refractivity contribution >= 4 is 72.1 Å². The first-order chi connectivity index (χ1) is 23.9. The molecule has 10 atom stereocenters. The topological polar surface area (TPSA) is 219 Å². The molecule has 3 fully saturated rings. The molecule has 2 unspecified atom stereocenters. The molecule has 8 rings (SSSR count). The zero-order valence-electron chi connectivity index (χ0n) is 27.7. The number of aliphatic hydroxyl groups is 1. The van der Waals surface area contributed by atoms with E-state index in [1.165, 1.54) is 32.7 Å². The van der Waals surface area contributed by atoms with Crippen LogP contribution in [0.4, 0.5) is 4.39 Å². The van der Waals surface area contributed by atoms with Gasteiger partial charge in [0, 0.05) is 19.3 Å². The van der Waals surface area contributed by atoms with Gasteiger partial charge in [0.15, 0.2) is 36.6 Å². The van der Waals surface area contributed by atoms with E-state index in [4.69, 9.17) is 57.8 Å². The molecule has 4 aliphatic rings. The summed E-state index contributed by atoms with van der Waals surface area (Å²) in [7, 11) is 0. The molecule has 0 aliphatic carbocycles. The van der Waals surface area contributed by atoms with Crippen LogP contribution in [0.25, 0.3) is 22.2 Å². The van der Waals surface area contributed by atoms with Crippen LogP contribution in [0.1, 0.15) is 24.4 Å². The van der Waals surface area contributed by atoms with Crippen LogP contribution in [0.3, 0.4) is 0 Å². The fourth-order valence-corrected chi connectivity index (χ4v) is 10.3. The predicted molar refractivity (Wildman–Crippen MR) is 178 cm³/mol. The number of fused-ring (bicyclic) bond motifs is 4. The van der Waals surface area contributed by atoms with Crippen molar-refractivity contribution in [3.05, 3.63) is 41.1 Å². The Morgan fingerprint density at radius 1 is 0.962 bits per heavy atom. The molecule has 3 N–H and O–H groups in total. The average Bonchev–Trinajstić information content (AvgIpc) is 3.78. The summed E-state index contributed by atoms with van der Waals surface area (Å²) < 4.78 is 82.0. The molecule has 0 spiro atoms. The van der Waals surface area contributed by atoms with Gasteiger partial charge in [-0.3, -0.25) is 23.1 Å². The number of imidazole rings is 1. The van der Waals surface area contributed by atoms with E-state index in [1.807, 2.05) is 0 Å². The van der Waals surface area contributed by atoms with Gasteiger partial charge in [0.25, 0.3) is 5.56 Å². The van der Waals surface area contributed by atoms with Crippen LogP contribution >= 0.6 is 25.4 Å². The van der Waals surface area contributed by atoms with Crippen molar-refractivity contribution in [3.8, 4) is 0 Å². The third-order valence-corrected chi connectivity index (χ3v) is 13.0. The molecule has 52 heavy (non-hydrogen) atoms. The quantitative estimate of drug-likeness (QED) is 0.0859. The molecule has 0 radical (unpaired) electrons. The van der Waals surface area contributed by atoms with Crippen molar-refractivity contribution in [1.82, 2.24) is 33.6 Å². The molecule has 8 heterocycles. The third kappa shape index (κ3) is 7.84. The standard InChI is InChI=1S/C26H31FN8O10P2S3.2Na/c27-16-19-14(43-25(16)34-6-12-2-1-5-50-23-15(12)21(34)29-9-30-23)8-41-47(39,49)45-20-18(36)13(7-40-46(38,48)44-19)42-26(20)35-11-31-17-22(35)32-10-33(4-3-28)24(17)37;;/h6,9-11,13-14,16,18-20,25-26,36H,1-5,7-8,28H2,(H,38,48)(H,39,49);;/q;2*+1/p-2/t13-,14-,16-,18-,19-,20-,25-,26-,46?,47?;;/m1../s1. The Morgan fingerprint density at radius 2 is 1.67 bits per heavy atom. The van der Waals surface area contributed by atoms with Crippen LogP contribution in [0.5, 0.6) is 0 Å². The summed E-state index contributed by atoms with van der Waals surface area (Å²) in [5, 5.41) is 12.8. The first-order valence-electron chi connectivity index (χ1n) is 15.4. The van der Waals surface area contributed by atoms with E-state index in [-0.39, 0.29) is 83.4 Å². The minimum absolute atomic E-state index is 0. The summed E-state index contributed by atoms with van der Waals surface area (Å²) in [4.78, 5) is 30.2. The number of hydrogen-bond acceptors (Lipinski definition) is 18. The summed E-state index contributed by atoms with van der Waals surface area (Å²) in [6.45, 7) is -9.89. The second kappa shape index (κ2) is 16.5. The molecule has 4 aromatic rings. The molecule has 0 amide bonds. The van der Waals surface area contributed by atoms with Gasteiger partial charge in [0.1, 0.15) is 53.8 Å². The number of nitrogens with zero attached hydrogens (tertiary/aromatic N) is 7. The van der Waals surface area contributed by atoms with E-state index < -0.39 is 81.5 Å². The Kier molecular flexibility index (Phi) is 13.3. The van der Waals surface area contributed by atoms with E-state index in [1.54, 1.807) is 18.0 Å². The van der Waals surface area contributed by atoms with E-state index in [2.05, 4.69) is 19.9 Å². The van der Waals surface area contributed by atoms with Crippen molar-refractivity contribution in [1.29, 1.82) is 0 Å². The summed E-state index contributed by atoms with van der Waals surface area (Å²) in [5.41, 5.74) is 6.48. The van der Waals surface area contributed by atoms with Gasteiger partial charge in [0.05, 0.1) is 24.9 Å². The molecule has 18 nitrogen and oxygen atoms in total. The van der Waals surface area contributed by atoms with Gasteiger partial charge in [-0.1, -0.05) is 0 Å². The first kappa shape index (κ1) is 41.7. The van der Waals surface area contributed by atoms with Gasteiger partial charge in [-0.15, -0.1) is 11.8 Å². The SMILES string of the molecule is NCCn1cnc2c(ncn2[C@@H]2O[C@@H]3COP(=O)([S-])O[C@H]4[C@@H](F)[C@H](n5cc6c7c(ncnc75)SCCC6)O[C@@H]4COP(=O)([S-])O[C@@H]2[C@@H]3O)c1=O.[Na+].[Na+]. The van der Waals surface area contributed by atoms with E-state index in [9.17, 15) is 19.0 Å². The Balaban J connectivity index is 0.00000232. The van der Waals surface area contributed by atoms with Crippen LogP contribution in [0.2, 0.25) is 0 Å². The summed E-state index contributed by atoms with van der Waals surface area (Å²) >= 11 is 11.9. The average molecular weight is 837 g/mol. The van der Waals surface area contributed by atoms with Crippen LogP contribution in [-0.4, -0.2) is 101 Å². The summed E-state index contributed by atoms with van der Waals surface area (Å²) in [6.07, 6.45) is -4.79. The molecular weight excluding hydrogens is 807 g/mol. The number of thioether (sulfide) groups is 1. The fraction of sp³-hybridized carbons (Fsp3) is 0.577. The van der Waals surface area contributed by atoms with Gasteiger partial charge in [-0.2, -0.15) is 0 Å². The van der Waals surface area contributed by atoms with Crippen molar-refractivity contribution in [3.63, 3.8) is 0 Å². The van der Waals surface area contributed by atoms with Gasteiger partial charge in [0.2, 0.25) is 6.80 Å². The molecule has 270 valence electrons. The summed E-state index contributed by atoms with van der Waals surface area (Å²) in [6, 6.07) is 0. The maximum Gasteiger partial charge on any atom is 1.00 e. The number of aryl methyl sites for hydroxylation is 1. The third-order valence-electron chi connectivity index (χ3n) is 8.83. The minimum Gasteiger partial charge on any atom is -0.660 e. The van der Waals surface area contributed by atoms with Crippen molar-refractivity contribution in [2.45, 2.75) is 73.6 Å². The number of halogens is 1. The van der Waals surface area contributed by atoms with Gasteiger partial charge >= 0.3 is 59.1 Å². The number of rotatable bonds is 4. The molecule has 0 aromatic carbocycles. The van der Waals surface area contributed by atoms with Crippen LogP contribution < -0.4 is 70.4 Å². The fourth-order valence-electron chi connectivity index (χ4n) is 6.55. The van der Waals surface area contributed by atoms with Crippen LogP contribution in [0, 0.1) is 0 Å². The summed E-state index contributed by atoms with van der Waals surface area (Å²) in [5.74, 6) is 0.871. The van der Waals surface area contributed by atoms with Gasteiger partial charge in [-0.25, -0.2) is 24.3 Å². The number of aliphatic hydroxyl groups excluding tert-OH is 1. The normalized spacial score (nSPS) is 35.1. The number of aromatic nitrogens is 7. The van der Waals surface area contributed by atoms with Crippen molar-refractivity contribution in [2.24, 2.45) is 5.73 Å². The predicted octanol–water partition coefficient (Wildman–Crippen LogP) is -4.34. The number of nitrogens with two attached hydrogens (primary N) is 1. The molecule has 4 aliphatic heterocycles. The number of ether oxygens (including phenoxy) is 2. The molecule has 3 saturated heterocycles. The minimum atomic E-state index is -4.51. The smallest absolute Gasteiger partial charge is 0.660 e. The second-order valence-electron chi connectivity index (χ2n) is 11.9. The van der Waals surface area contributed by atoms with Crippen LogP contribution in [-0.2, 0) is 74.2 Å². The number of alkyl halides is 1. The number of hydrogen-bond donors (Lipinski definition) is 2. The van der Waals surface area contributed by atoms with Crippen LogP contribution in [0.15, 0.2) is 35.0 Å². The zero-order chi connectivity index (χ0) is 34.9. The van der Waals surface area contributed by atoms with Crippen molar-refractivity contribution < 1.29 is 105 Å². The molecular formula is C26H29FN8Na2O10P2S3. The molecule has 4 aromatic heterocycles. The Hall–Kier alpha value is 0.0900. The van der Waals surface area contributed by atoms with E-state index >= 15 is 4.39 Å².